The summed E-state index contributed by atoms with van der Waals surface area (Å²) >= 11 is 0. The first kappa shape index (κ1) is 10.5. The van der Waals surface area contributed by atoms with Gasteiger partial charge in [-0.05, 0) is 19.8 Å². The highest BCUT2D eigenvalue weighted by atomic mass is 16.5. The van der Waals surface area contributed by atoms with E-state index in [0.29, 0.717) is 0 Å². The van der Waals surface area contributed by atoms with Crippen molar-refractivity contribution in [2.45, 2.75) is 39.0 Å². The summed E-state index contributed by atoms with van der Waals surface area (Å²) in [6.45, 7) is 2.80. The lowest BCUT2D eigenvalue weighted by Gasteiger charge is -1.97. The Kier molecular flexibility index (Phi) is 9.10. The van der Waals surface area contributed by atoms with Gasteiger partial charge in [-0.25, -0.2) is 0 Å². The number of hydrogen-bond donors (Lipinski definition) is 0. The summed E-state index contributed by atoms with van der Waals surface area (Å²) in [5, 5.41) is 0. The standard InChI is InChI=1S/C10H18O/c1-3-4-5-6-7-8-9-10-11-2/h5-10H2,1-2H3. The third-order valence-corrected chi connectivity index (χ3v) is 1.58. The predicted molar refractivity (Wildman–Crippen MR) is 48.4 cm³/mol. The van der Waals surface area contributed by atoms with Crippen LogP contribution >= 0.6 is 0 Å². The van der Waals surface area contributed by atoms with Crippen LogP contribution in [0.4, 0.5) is 0 Å². The Balaban J connectivity index is 2.83. The van der Waals surface area contributed by atoms with Crippen LogP contribution < -0.4 is 0 Å². The molecule has 0 aliphatic rings. The van der Waals surface area contributed by atoms with Crippen LogP contribution in [0.3, 0.4) is 0 Å². The maximum atomic E-state index is 4.94. The van der Waals surface area contributed by atoms with Gasteiger partial charge in [0.15, 0.2) is 0 Å². The molecule has 64 valence electrons. The van der Waals surface area contributed by atoms with Crippen molar-refractivity contribution < 1.29 is 4.74 Å². The number of methoxy groups -OCH3 is 1. The summed E-state index contributed by atoms with van der Waals surface area (Å²) < 4.78 is 4.94. The Morgan fingerprint density at radius 1 is 1.09 bits per heavy atom. The molecule has 0 saturated heterocycles. The molecule has 0 saturated carbocycles. The van der Waals surface area contributed by atoms with Crippen LogP contribution in [0.5, 0.6) is 0 Å². The van der Waals surface area contributed by atoms with Crippen LogP contribution in [0.15, 0.2) is 0 Å². The number of ether oxygens (including phenoxy) is 1. The smallest absolute Gasteiger partial charge is 0.0462 e. The average Bonchev–Trinajstić information content (AvgIpc) is 2.03. The van der Waals surface area contributed by atoms with E-state index in [0.717, 1.165) is 13.0 Å². The van der Waals surface area contributed by atoms with Gasteiger partial charge in [0.25, 0.3) is 0 Å². The monoisotopic (exact) mass is 154 g/mol. The summed E-state index contributed by atoms with van der Waals surface area (Å²) in [5.74, 6) is 5.95. The second kappa shape index (κ2) is 9.52. The van der Waals surface area contributed by atoms with Crippen LogP contribution in [0.25, 0.3) is 0 Å². The third-order valence-electron chi connectivity index (χ3n) is 1.58. The number of hydrogen-bond acceptors (Lipinski definition) is 1. The fraction of sp³-hybridized carbons (Fsp3) is 0.800. The van der Waals surface area contributed by atoms with E-state index in [4.69, 9.17) is 4.74 Å². The molecule has 0 heterocycles. The highest BCUT2D eigenvalue weighted by molar-refractivity contribution is 4.94. The van der Waals surface area contributed by atoms with E-state index in [2.05, 4.69) is 11.8 Å². The van der Waals surface area contributed by atoms with Crippen molar-refractivity contribution in [2.24, 2.45) is 0 Å². The molecular weight excluding hydrogens is 136 g/mol. The Bertz CT molecular complexity index is 119. The van der Waals surface area contributed by atoms with Crippen molar-refractivity contribution in [2.75, 3.05) is 13.7 Å². The van der Waals surface area contributed by atoms with E-state index >= 15 is 0 Å². The zero-order valence-electron chi connectivity index (χ0n) is 7.65. The first-order valence-electron chi connectivity index (χ1n) is 4.30. The van der Waals surface area contributed by atoms with E-state index in [9.17, 15) is 0 Å². The normalized spacial score (nSPS) is 8.91. The van der Waals surface area contributed by atoms with Crippen LogP contribution in [0.2, 0.25) is 0 Å². The van der Waals surface area contributed by atoms with Gasteiger partial charge in [-0.2, -0.15) is 0 Å². The van der Waals surface area contributed by atoms with Crippen molar-refractivity contribution in [1.29, 1.82) is 0 Å². The van der Waals surface area contributed by atoms with Crippen LogP contribution in [-0.4, -0.2) is 13.7 Å². The molecule has 0 aliphatic carbocycles. The fourth-order valence-electron chi connectivity index (χ4n) is 0.938. The summed E-state index contributed by atoms with van der Waals surface area (Å²) in [5.41, 5.74) is 0. The SMILES string of the molecule is CC#CCCCCCCOC. The molecule has 0 aromatic rings. The molecule has 0 rings (SSSR count). The highest BCUT2D eigenvalue weighted by Gasteiger charge is 1.87. The van der Waals surface area contributed by atoms with Crippen LogP contribution in [0, 0.1) is 11.8 Å². The molecule has 1 nitrogen and oxygen atoms in total. The Morgan fingerprint density at radius 2 is 1.82 bits per heavy atom. The van der Waals surface area contributed by atoms with Crippen molar-refractivity contribution in [3.8, 4) is 11.8 Å². The van der Waals surface area contributed by atoms with Crippen molar-refractivity contribution >= 4 is 0 Å². The van der Waals surface area contributed by atoms with Crippen LogP contribution in [-0.2, 0) is 4.74 Å². The summed E-state index contributed by atoms with van der Waals surface area (Å²) in [7, 11) is 1.75. The van der Waals surface area contributed by atoms with Gasteiger partial charge in [0.05, 0.1) is 0 Å². The minimum atomic E-state index is 0.902. The van der Waals surface area contributed by atoms with Gasteiger partial charge < -0.3 is 4.74 Å². The summed E-state index contributed by atoms with van der Waals surface area (Å²) in [6.07, 6.45) is 6.06. The molecule has 0 fully saturated rings. The largest absolute Gasteiger partial charge is 0.385 e. The number of unbranched alkanes of at least 4 members (excludes halogenated alkanes) is 4. The molecule has 0 aliphatic heterocycles. The lowest BCUT2D eigenvalue weighted by Crippen LogP contribution is -1.87. The minimum Gasteiger partial charge on any atom is -0.385 e. The molecule has 0 atom stereocenters. The van der Waals surface area contributed by atoms with Gasteiger partial charge in [0.2, 0.25) is 0 Å². The van der Waals surface area contributed by atoms with E-state index < -0.39 is 0 Å². The lowest BCUT2D eigenvalue weighted by molar-refractivity contribution is 0.192. The molecule has 0 unspecified atom stereocenters. The van der Waals surface area contributed by atoms with Gasteiger partial charge in [0, 0.05) is 20.1 Å². The van der Waals surface area contributed by atoms with Crippen molar-refractivity contribution in [3.63, 3.8) is 0 Å². The van der Waals surface area contributed by atoms with Gasteiger partial charge in [0.1, 0.15) is 0 Å². The van der Waals surface area contributed by atoms with E-state index in [1.165, 1.54) is 25.7 Å². The molecule has 0 aromatic heterocycles. The maximum Gasteiger partial charge on any atom is 0.0462 e. The first-order valence-corrected chi connectivity index (χ1v) is 4.30. The summed E-state index contributed by atoms with van der Waals surface area (Å²) in [4.78, 5) is 0. The Hall–Kier alpha value is -0.480. The molecule has 0 N–H and O–H groups in total. The molecule has 11 heavy (non-hydrogen) atoms. The van der Waals surface area contributed by atoms with Crippen LogP contribution in [0.1, 0.15) is 39.0 Å². The summed E-state index contributed by atoms with van der Waals surface area (Å²) in [6, 6.07) is 0. The zero-order chi connectivity index (χ0) is 8.36. The Labute approximate surface area is 70.1 Å². The third kappa shape index (κ3) is 9.52. The zero-order valence-corrected chi connectivity index (χ0v) is 7.65. The minimum absolute atomic E-state index is 0.902. The molecule has 0 amide bonds. The molecule has 0 bridgehead atoms. The first-order chi connectivity index (χ1) is 5.41. The predicted octanol–water partition coefficient (Wildman–Crippen LogP) is 2.61. The second-order valence-corrected chi connectivity index (χ2v) is 2.58. The molecule has 0 radical (unpaired) electrons. The average molecular weight is 154 g/mol. The van der Waals surface area contributed by atoms with E-state index in [1.807, 2.05) is 6.92 Å². The topological polar surface area (TPSA) is 9.23 Å². The molecule has 0 aromatic carbocycles. The van der Waals surface area contributed by atoms with Gasteiger partial charge in [-0.3, -0.25) is 0 Å². The van der Waals surface area contributed by atoms with Crippen molar-refractivity contribution in [3.05, 3.63) is 0 Å². The second-order valence-electron chi connectivity index (χ2n) is 2.58. The number of rotatable bonds is 6. The quantitative estimate of drug-likeness (QED) is 0.422. The molecule has 1 heteroatoms. The molecular formula is C10H18O. The lowest BCUT2D eigenvalue weighted by atomic mass is 10.1. The fourth-order valence-corrected chi connectivity index (χ4v) is 0.938. The van der Waals surface area contributed by atoms with Gasteiger partial charge in [-0.1, -0.05) is 12.8 Å². The van der Waals surface area contributed by atoms with Gasteiger partial charge in [-0.15, -0.1) is 11.8 Å². The van der Waals surface area contributed by atoms with E-state index in [1.54, 1.807) is 7.11 Å². The van der Waals surface area contributed by atoms with E-state index in [-0.39, 0.29) is 0 Å². The highest BCUT2D eigenvalue weighted by Crippen LogP contribution is 2.01. The van der Waals surface area contributed by atoms with Crippen molar-refractivity contribution in [1.82, 2.24) is 0 Å². The Morgan fingerprint density at radius 3 is 2.45 bits per heavy atom. The van der Waals surface area contributed by atoms with Gasteiger partial charge >= 0.3 is 0 Å². The maximum absolute atomic E-state index is 4.94. The molecule has 0 spiro atoms.